The SMILES string of the molecule is CC(C)c1nccc(N2CCN(CCn3nc(C(C)(C)C)ccc3=O)CC2)n1. The van der Waals surface area contributed by atoms with Crippen LogP contribution in [0.1, 0.15) is 52.1 Å². The summed E-state index contributed by atoms with van der Waals surface area (Å²) in [7, 11) is 0. The van der Waals surface area contributed by atoms with Crippen LogP contribution in [0, 0.1) is 0 Å². The second kappa shape index (κ2) is 8.39. The van der Waals surface area contributed by atoms with Gasteiger partial charge in [0.15, 0.2) is 0 Å². The van der Waals surface area contributed by atoms with Crippen molar-refractivity contribution in [2.75, 3.05) is 37.6 Å². The molecule has 7 nitrogen and oxygen atoms in total. The molecule has 0 amide bonds. The summed E-state index contributed by atoms with van der Waals surface area (Å²) in [4.78, 5) is 25.9. The first-order valence-corrected chi connectivity index (χ1v) is 10.1. The molecule has 1 aliphatic heterocycles. The molecule has 2 aromatic heterocycles. The molecule has 28 heavy (non-hydrogen) atoms. The molecule has 7 heteroatoms. The first-order chi connectivity index (χ1) is 13.2. The van der Waals surface area contributed by atoms with Crippen molar-refractivity contribution in [2.24, 2.45) is 0 Å². The Morgan fingerprint density at radius 2 is 1.75 bits per heavy atom. The molecule has 152 valence electrons. The van der Waals surface area contributed by atoms with Crippen LogP contribution in [0.3, 0.4) is 0 Å². The average Bonchev–Trinajstić information content (AvgIpc) is 2.67. The van der Waals surface area contributed by atoms with Gasteiger partial charge < -0.3 is 4.90 Å². The van der Waals surface area contributed by atoms with Gasteiger partial charge in [0.1, 0.15) is 11.6 Å². The lowest BCUT2D eigenvalue weighted by atomic mass is 9.92. The monoisotopic (exact) mass is 384 g/mol. The van der Waals surface area contributed by atoms with Crippen molar-refractivity contribution in [1.82, 2.24) is 24.6 Å². The fourth-order valence-electron chi connectivity index (χ4n) is 3.26. The number of aromatic nitrogens is 4. The van der Waals surface area contributed by atoms with Gasteiger partial charge in [0, 0.05) is 56.3 Å². The normalized spacial score (nSPS) is 16.0. The number of anilines is 1. The van der Waals surface area contributed by atoms with Gasteiger partial charge >= 0.3 is 0 Å². The highest BCUT2D eigenvalue weighted by molar-refractivity contribution is 5.38. The lowest BCUT2D eigenvalue weighted by Gasteiger charge is -2.35. The summed E-state index contributed by atoms with van der Waals surface area (Å²) in [5.74, 6) is 2.23. The van der Waals surface area contributed by atoms with E-state index < -0.39 is 0 Å². The Bertz CT molecular complexity index is 846. The van der Waals surface area contributed by atoms with Crippen LogP contribution in [0.25, 0.3) is 0 Å². The Kier molecular flexibility index (Phi) is 6.13. The predicted octanol–water partition coefficient (Wildman–Crippen LogP) is 2.28. The minimum atomic E-state index is -0.0620. The van der Waals surface area contributed by atoms with E-state index in [4.69, 9.17) is 4.98 Å². The smallest absolute Gasteiger partial charge is 0.266 e. The van der Waals surface area contributed by atoms with Gasteiger partial charge in [-0.15, -0.1) is 0 Å². The van der Waals surface area contributed by atoms with E-state index in [0.717, 1.165) is 50.1 Å². The van der Waals surface area contributed by atoms with E-state index >= 15 is 0 Å². The molecule has 0 N–H and O–H groups in total. The summed E-state index contributed by atoms with van der Waals surface area (Å²) in [5, 5.41) is 4.57. The fourth-order valence-corrected chi connectivity index (χ4v) is 3.26. The molecule has 0 saturated carbocycles. The molecule has 3 heterocycles. The molecule has 1 fully saturated rings. The van der Waals surface area contributed by atoms with Gasteiger partial charge in [-0.1, -0.05) is 34.6 Å². The van der Waals surface area contributed by atoms with Gasteiger partial charge in [-0.25, -0.2) is 14.6 Å². The maximum Gasteiger partial charge on any atom is 0.266 e. The first-order valence-electron chi connectivity index (χ1n) is 10.1. The van der Waals surface area contributed by atoms with E-state index in [1.54, 1.807) is 10.7 Å². The van der Waals surface area contributed by atoms with Crippen LogP contribution >= 0.6 is 0 Å². The summed E-state index contributed by atoms with van der Waals surface area (Å²) in [6, 6.07) is 5.46. The minimum absolute atomic E-state index is 0.0335. The number of nitrogens with zero attached hydrogens (tertiary/aromatic N) is 6. The Hall–Kier alpha value is -2.28. The Labute approximate surface area is 167 Å². The number of rotatable bonds is 5. The molecule has 0 aliphatic carbocycles. The highest BCUT2D eigenvalue weighted by atomic mass is 16.1. The van der Waals surface area contributed by atoms with Gasteiger partial charge in [-0.2, -0.15) is 5.10 Å². The van der Waals surface area contributed by atoms with Crippen molar-refractivity contribution in [2.45, 2.75) is 52.5 Å². The fraction of sp³-hybridized carbons (Fsp3) is 0.619. The highest BCUT2D eigenvalue weighted by Crippen LogP contribution is 2.18. The second-order valence-corrected chi connectivity index (χ2v) is 8.79. The van der Waals surface area contributed by atoms with E-state index in [1.807, 2.05) is 18.3 Å². The summed E-state index contributed by atoms with van der Waals surface area (Å²) in [5.41, 5.74) is 0.850. The topological polar surface area (TPSA) is 67.2 Å². The van der Waals surface area contributed by atoms with E-state index in [-0.39, 0.29) is 11.0 Å². The van der Waals surface area contributed by atoms with Crippen LogP contribution in [0.2, 0.25) is 0 Å². The zero-order valence-corrected chi connectivity index (χ0v) is 17.7. The van der Waals surface area contributed by atoms with Crippen LogP contribution in [0.4, 0.5) is 5.82 Å². The van der Waals surface area contributed by atoms with E-state index in [9.17, 15) is 4.79 Å². The number of piperazine rings is 1. The third kappa shape index (κ3) is 4.95. The van der Waals surface area contributed by atoms with E-state index in [1.165, 1.54) is 0 Å². The Morgan fingerprint density at radius 3 is 2.39 bits per heavy atom. The molecule has 0 bridgehead atoms. The molecule has 1 saturated heterocycles. The lowest BCUT2D eigenvalue weighted by Crippen LogP contribution is -2.48. The molecule has 0 atom stereocenters. The van der Waals surface area contributed by atoms with Crippen LogP contribution in [-0.2, 0) is 12.0 Å². The van der Waals surface area contributed by atoms with Gasteiger partial charge in [0.25, 0.3) is 5.56 Å². The molecule has 2 aromatic rings. The Balaban J connectivity index is 1.57. The summed E-state index contributed by atoms with van der Waals surface area (Å²) in [6.45, 7) is 15.8. The van der Waals surface area contributed by atoms with E-state index in [2.05, 4.69) is 54.5 Å². The van der Waals surface area contributed by atoms with Gasteiger partial charge in [0.2, 0.25) is 0 Å². The van der Waals surface area contributed by atoms with Crippen LogP contribution < -0.4 is 10.5 Å². The molecule has 0 unspecified atom stereocenters. The summed E-state index contributed by atoms with van der Waals surface area (Å²) >= 11 is 0. The van der Waals surface area contributed by atoms with Crippen molar-refractivity contribution in [3.63, 3.8) is 0 Å². The zero-order valence-electron chi connectivity index (χ0n) is 17.7. The number of hydrogen-bond donors (Lipinski definition) is 0. The molecular weight excluding hydrogens is 352 g/mol. The average molecular weight is 385 g/mol. The van der Waals surface area contributed by atoms with Gasteiger partial charge in [-0.3, -0.25) is 9.69 Å². The van der Waals surface area contributed by atoms with Crippen LogP contribution in [-0.4, -0.2) is 57.4 Å². The van der Waals surface area contributed by atoms with Crippen molar-refractivity contribution in [1.29, 1.82) is 0 Å². The van der Waals surface area contributed by atoms with Crippen molar-refractivity contribution in [3.05, 3.63) is 46.3 Å². The summed E-state index contributed by atoms with van der Waals surface area (Å²) < 4.78 is 1.60. The minimum Gasteiger partial charge on any atom is -0.354 e. The summed E-state index contributed by atoms with van der Waals surface area (Å²) in [6.07, 6.45) is 1.85. The molecule has 3 rings (SSSR count). The molecule has 0 aromatic carbocycles. The van der Waals surface area contributed by atoms with Crippen LogP contribution in [0.15, 0.2) is 29.2 Å². The Morgan fingerprint density at radius 1 is 1.04 bits per heavy atom. The first kappa shape index (κ1) is 20.5. The van der Waals surface area contributed by atoms with Crippen molar-refractivity contribution >= 4 is 5.82 Å². The van der Waals surface area contributed by atoms with Crippen molar-refractivity contribution < 1.29 is 0 Å². The van der Waals surface area contributed by atoms with E-state index in [0.29, 0.717) is 12.5 Å². The zero-order chi connectivity index (χ0) is 20.3. The highest BCUT2D eigenvalue weighted by Gasteiger charge is 2.20. The maximum atomic E-state index is 12.2. The largest absolute Gasteiger partial charge is 0.354 e. The molecule has 0 radical (unpaired) electrons. The maximum absolute atomic E-state index is 12.2. The van der Waals surface area contributed by atoms with Crippen molar-refractivity contribution in [3.8, 4) is 0 Å². The quantitative estimate of drug-likeness (QED) is 0.788. The third-order valence-electron chi connectivity index (χ3n) is 5.14. The van der Waals surface area contributed by atoms with Gasteiger partial charge in [-0.05, 0) is 12.1 Å². The second-order valence-electron chi connectivity index (χ2n) is 8.79. The predicted molar refractivity (Wildman–Crippen MR) is 112 cm³/mol. The molecule has 1 aliphatic rings. The molecule has 0 spiro atoms. The third-order valence-corrected chi connectivity index (χ3v) is 5.14. The number of hydrogen-bond acceptors (Lipinski definition) is 6. The van der Waals surface area contributed by atoms with Gasteiger partial charge in [0.05, 0.1) is 12.2 Å². The standard InChI is InChI=1S/C21H32N6O/c1-16(2)20-22-9-8-18(23-20)26-13-10-25(11-14-26)12-15-27-19(28)7-6-17(24-27)21(3,4)5/h6-9,16H,10-15H2,1-5H3. The lowest BCUT2D eigenvalue weighted by molar-refractivity contribution is 0.241. The van der Waals surface area contributed by atoms with Crippen LogP contribution in [0.5, 0.6) is 0 Å². The molecular formula is C21H32N6O.